The summed E-state index contributed by atoms with van der Waals surface area (Å²) in [5.41, 5.74) is 1.28. The smallest absolute Gasteiger partial charge is 0.263 e. The van der Waals surface area contributed by atoms with Crippen molar-refractivity contribution in [3.63, 3.8) is 0 Å². The standard InChI is InChI=1S/C28H29FN4O4S2/c29-19-2-1-18-23(27(37)33(26(18)36)20-3-4-21(34)32-25(20)35)24(19)39-13-22-31-17(12-38-22)11-30-28-8-14-5-15(9-28)7-16(6-14)10-28/h1-2,12,14-16,20,30H,3-11,13H2,(H,32,34,35). The van der Waals surface area contributed by atoms with Gasteiger partial charge < -0.3 is 5.32 Å². The van der Waals surface area contributed by atoms with Crippen LogP contribution in [0.15, 0.2) is 22.4 Å². The molecule has 1 aromatic heterocycles. The SMILES string of the molecule is O=C1CCC(N2C(=O)c3ccc(F)c(SCc4nc(CNC56CC7CC(CC(C7)C5)C6)cs4)c3C2=O)C(=O)N1. The summed E-state index contributed by atoms with van der Waals surface area (Å²) in [5, 5.41) is 8.90. The highest BCUT2D eigenvalue weighted by Gasteiger charge is 2.50. The summed E-state index contributed by atoms with van der Waals surface area (Å²) in [5.74, 6) is -0.0959. The van der Waals surface area contributed by atoms with E-state index in [9.17, 15) is 23.6 Å². The zero-order chi connectivity index (χ0) is 26.9. The first kappa shape index (κ1) is 25.3. The van der Waals surface area contributed by atoms with E-state index in [-0.39, 0.29) is 34.4 Å². The molecule has 8 rings (SSSR count). The summed E-state index contributed by atoms with van der Waals surface area (Å²) < 4.78 is 15.0. The van der Waals surface area contributed by atoms with E-state index < -0.39 is 35.5 Å². The fourth-order valence-corrected chi connectivity index (χ4v) is 9.79. The molecule has 2 aliphatic heterocycles. The number of imide groups is 2. The van der Waals surface area contributed by atoms with E-state index in [4.69, 9.17) is 4.98 Å². The van der Waals surface area contributed by atoms with E-state index in [2.05, 4.69) is 10.6 Å². The van der Waals surface area contributed by atoms with Crippen molar-refractivity contribution in [3.05, 3.63) is 45.2 Å². The second kappa shape index (κ2) is 9.49. The molecule has 8 nitrogen and oxygen atoms in total. The quantitative estimate of drug-likeness (QED) is 0.384. The van der Waals surface area contributed by atoms with Crippen molar-refractivity contribution in [1.29, 1.82) is 0 Å². The van der Waals surface area contributed by atoms with Crippen molar-refractivity contribution >= 4 is 46.7 Å². The number of nitrogens with zero attached hydrogens (tertiary/aromatic N) is 2. The van der Waals surface area contributed by atoms with Crippen molar-refractivity contribution in [2.75, 3.05) is 0 Å². The number of piperidine rings is 1. The lowest BCUT2D eigenvalue weighted by Gasteiger charge is -2.57. The lowest BCUT2D eigenvalue weighted by Crippen LogP contribution is -2.58. The van der Waals surface area contributed by atoms with Crippen molar-refractivity contribution in [2.45, 2.75) is 80.1 Å². The van der Waals surface area contributed by atoms with Crippen LogP contribution < -0.4 is 10.6 Å². The topological polar surface area (TPSA) is 108 Å². The molecule has 1 atom stereocenters. The lowest BCUT2D eigenvalue weighted by atomic mass is 9.53. The average molecular weight is 569 g/mol. The van der Waals surface area contributed by atoms with Gasteiger partial charge in [0.05, 0.1) is 27.5 Å². The van der Waals surface area contributed by atoms with Gasteiger partial charge in [0.25, 0.3) is 11.8 Å². The number of carbonyl (C=O) groups is 4. The van der Waals surface area contributed by atoms with Gasteiger partial charge in [-0.25, -0.2) is 9.37 Å². The fraction of sp³-hybridized carbons (Fsp3) is 0.536. The second-order valence-corrected chi connectivity index (χ2v) is 13.7. The number of nitrogens with one attached hydrogen (secondary N) is 2. The minimum atomic E-state index is -1.08. The highest BCUT2D eigenvalue weighted by molar-refractivity contribution is 7.98. The monoisotopic (exact) mass is 568 g/mol. The minimum Gasteiger partial charge on any atom is -0.306 e. The third kappa shape index (κ3) is 4.42. The van der Waals surface area contributed by atoms with Crippen LogP contribution in [0.2, 0.25) is 0 Å². The summed E-state index contributed by atoms with van der Waals surface area (Å²) in [6, 6.07) is 1.39. The minimum absolute atomic E-state index is 0.0186. The lowest BCUT2D eigenvalue weighted by molar-refractivity contribution is -0.136. The molecule has 5 fully saturated rings. The van der Waals surface area contributed by atoms with Gasteiger partial charge in [0.15, 0.2) is 0 Å². The molecule has 0 spiro atoms. The van der Waals surface area contributed by atoms with Gasteiger partial charge in [-0.05, 0) is 74.8 Å². The van der Waals surface area contributed by atoms with Gasteiger partial charge in [-0.3, -0.25) is 29.4 Å². The van der Waals surface area contributed by atoms with Gasteiger partial charge in [-0.1, -0.05) is 0 Å². The van der Waals surface area contributed by atoms with E-state index in [1.165, 1.54) is 62.0 Å². The first-order valence-electron chi connectivity index (χ1n) is 13.6. The van der Waals surface area contributed by atoms with Gasteiger partial charge in [-0.2, -0.15) is 0 Å². The van der Waals surface area contributed by atoms with Crippen LogP contribution in [0.5, 0.6) is 0 Å². The van der Waals surface area contributed by atoms with Crippen molar-refractivity contribution < 1.29 is 23.6 Å². The van der Waals surface area contributed by atoms with Crippen LogP contribution in [0.3, 0.4) is 0 Å². The molecule has 11 heteroatoms. The molecule has 1 saturated heterocycles. The number of thiazole rings is 1. The van der Waals surface area contributed by atoms with Crippen LogP contribution in [0.4, 0.5) is 4.39 Å². The van der Waals surface area contributed by atoms with Crippen molar-refractivity contribution in [1.82, 2.24) is 20.5 Å². The molecule has 3 heterocycles. The molecule has 6 aliphatic rings. The fourth-order valence-electron chi connectivity index (χ4n) is 7.88. The van der Waals surface area contributed by atoms with Crippen LogP contribution in [0.1, 0.15) is 82.8 Å². The Balaban J connectivity index is 1.04. The predicted molar refractivity (Wildman–Crippen MR) is 142 cm³/mol. The van der Waals surface area contributed by atoms with Crippen LogP contribution in [-0.4, -0.2) is 45.1 Å². The normalized spacial score (nSPS) is 31.3. The molecule has 4 aliphatic carbocycles. The van der Waals surface area contributed by atoms with E-state index in [0.29, 0.717) is 5.75 Å². The van der Waals surface area contributed by atoms with Crippen LogP contribution in [0, 0.1) is 23.6 Å². The molecular formula is C28H29FN4O4S2. The van der Waals surface area contributed by atoms with Gasteiger partial charge in [0.1, 0.15) is 16.9 Å². The Morgan fingerprint density at radius 3 is 2.49 bits per heavy atom. The molecule has 1 unspecified atom stereocenters. The second-order valence-electron chi connectivity index (χ2n) is 11.8. The Kier molecular flexibility index (Phi) is 6.16. The number of amides is 4. The number of hydrogen-bond acceptors (Lipinski definition) is 8. The number of hydrogen-bond donors (Lipinski definition) is 2. The Bertz CT molecular complexity index is 1370. The van der Waals surface area contributed by atoms with Gasteiger partial charge >= 0.3 is 0 Å². The molecule has 1 aromatic carbocycles. The number of aromatic nitrogens is 1. The number of carbonyl (C=O) groups excluding carboxylic acids is 4. The van der Waals surface area contributed by atoms with Crippen LogP contribution in [0.25, 0.3) is 0 Å². The van der Waals surface area contributed by atoms with E-state index >= 15 is 0 Å². The maximum Gasteiger partial charge on any atom is 0.263 e. The third-order valence-corrected chi connectivity index (χ3v) is 11.3. The van der Waals surface area contributed by atoms with E-state index in [1.54, 1.807) is 0 Å². The average Bonchev–Trinajstić information content (AvgIpc) is 3.44. The zero-order valence-electron chi connectivity index (χ0n) is 21.3. The third-order valence-electron chi connectivity index (χ3n) is 9.14. The number of halogens is 1. The van der Waals surface area contributed by atoms with Crippen molar-refractivity contribution in [2.24, 2.45) is 17.8 Å². The maximum atomic E-state index is 15.0. The Morgan fingerprint density at radius 2 is 1.79 bits per heavy atom. The van der Waals surface area contributed by atoms with E-state index in [0.717, 1.165) is 51.7 Å². The molecule has 2 aromatic rings. The Hall–Kier alpha value is -2.63. The van der Waals surface area contributed by atoms with Crippen LogP contribution >= 0.6 is 23.1 Å². The van der Waals surface area contributed by atoms with Crippen molar-refractivity contribution in [3.8, 4) is 0 Å². The molecule has 39 heavy (non-hydrogen) atoms. The molecule has 204 valence electrons. The van der Waals surface area contributed by atoms with Gasteiger partial charge in [-0.15, -0.1) is 23.1 Å². The summed E-state index contributed by atoms with van der Waals surface area (Å²) >= 11 is 2.65. The van der Waals surface area contributed by atoms with Gasteiger partial charge in [0.2, 0.25) is 11.8 Å². The molecule has 4 amide bonds. The summed E-state index contributed by atoms with van der Waals surface area (Å²) in [4.78, 5) is 56.0. The summed E-state index contributed by atoms with van der Waals surface area (Å²) in [6.45, 7) is 0.719. The van der Waals surface area contributed by atoms with Gasteiger partial charge in [0, 0.05) is 23.9 Å². The summed E-state index contributed by atoms with van der Waals surface area (Å²) in [6.07, 6.45) is 8.10. The number of thioether (sulfide) groups is 1. The van der Waals surface area contributed by atoms with Crippen LogP contribution in [-0.2, 0) is 21.9 Å². The van der Waals surface area contributed by atoms with E-state index in [1.807, 2.05) is 5.38 Å². The number of fused-ring (bicyclic) bond motifs is 1. The highest BCUT2D eigenvalue weighted by Crippen LogP contribution is 2.55. The Morgan fingerprint density at radius 1 is 1.08 bits per heavy atom. The number of rotatable bonds is 7. The first-order valence-corrected chi connectivity index (χ1v) is 15.5. The Labute approximate surface area is 233 Å². The molecular weight excluding hydrogens is 539 g/mol. The molecule has 2 N–H and O–H groups in total. The molecule has 4 saturated carbocycles. The molecule has 0 radical (unpaired) electrons. The highest BCUT2D eigenvalue weighted by atomic mass is 32.2. The number of benzene rings is 1. The largest absolute Gasteiger partial charge is 0.306 e. The first-order chi connectivity index (χ1) is 18.8. The summed E-state index contributed by atoms with van der Waals surface area (Å²) in [7, 11) is 0. The molecule has 4 bridgehead atoms. The predicted octanol–water partition coefficient (Wildman–Crippen LogP) is 4.03. The zero-order valence-corrected chi connectivity index (χ0v) is 23.0. The maximum absolute atomic E-state index is 15.0.